The lowest BCUT2D eigenvalue weighted by atomic mass is 9.94. The van der Waals surface area contributed by atoms with E-state index in [9.17, 15) is 4.79 Å². The number of carbonyl (C=O) groups excluding carboxylic acids is 1. The predicted molar refractivity (Wildman–Crippen MR) is 79.2 cm³/mol. The van der Waals surface area contributed by atoms with Crippen molar-refractivity contribution in [3.8, 4) is 0 Å². The van der Waals surface area contributed by atoms with Crippen LogP contribution >= 0.6 is 11.6 Å². The third-order valence-corrected chi connectivity index (χ3v) is 3.42. The number of hydrogen-bond donors (Lipinski definition) is 2. The summed E-state index contributed by atoms with van der Waals surface area (Å²) >= 11 is 5.96. The van der Waals surface area contributed by atoms with Gasteiger partial charge in [-0.2, -0.15) is 0 Å². The summed E-state index contributed by atoms with van der Waals surface area (Å²) in [7, 11) is 0. The van der Waals surface area contributed by atoms with Gasteiger partial charge in [-0.05, 0) is 31.4 Å². The van der Waals surface area contributed by atoms with E-state index < -0.39 is 0 Å². The van der Waals surface area contributed by atoms with Gasteiger partial charge in [0.2, 0.25) is 5.91 Å². The van der Waals surface area contributed by atoms with Crippen molar-refractivity contribution in [2.24, 2.45) is 11.7 Å². The maximum absolute atomic E-state index is 11.8. The van der Waals surface area contributed by atoms with Crippen molar-refractivity contribution in [1.82, 2.24) is 4.98 Å². The molecule has 5 heteroatoms. The fourth-order valence-corrected chi connectivity index (χ4v) is 2.25. The van der Waals surface area contributed by atoms with Crippen molar-refractivity contribution in [1.29, 1.82) is 0 Å². The highest BCUT2D eigenvalue weighted by atomic mass is 35.5. The Morgan fingerprint density at radius 2 is 2.26 bits per heavy atom. The molecule has 0 spiro atoms. The van der Waals surface area contributed by atoms with Crippen LogP contribution in [0.1, 0.15) is 39.0 Å². The molecule has 0 saturated carbocycles. The summed E-state index contributed by atoms with van der Waals surface area (Å²) in [6.07, 6.45) is 7.75. The Bertz CT molecular complexity index is 392. The molecule has 0 saturated heterocycles. The topological polar surface area (TPSA) is 68.0 Å². The van der Waals surface area contributed by atoms with E-state index in [1.165, 1.54) is 0 Å². The molecule has 1 heterocycles. The Morgan fingerprint density at radius 1 is 1.47 bits per heavy atom. The van der Waals surface area contributed by atoms with Crippen molar-refractivity contribution < 1.29 is 4.79 Å². The minimum atomic E-state index is -0.0203. The van der Waals surface area contributed by atoms with Gasteiger partial charge in [0.05, 0.1) is 16.9 Å². The minimum Gasteiger partial charge on any atom is -0.330 e. The molecule has 0 aliphatic heterocycles. The van der Waals surface area contributed by atoms with Crippen molar-refractivity contribution in [3.05, 3.63) is 23.5 Å². The highest BCUT2D eigenvalue weighted by Crippen LogP contribution is 2.21. The molecule has 3 N–H and O–H groups in total. The standard InChI is InChI=1S/C14H22ClN3O/c1-2-3-11(6-8-16)4-5-14(19)18-13-10-17-9-7-12(13)15/h7,9-11H,2-6,8,16H2,1H3,(H,18,19). The first-order chi connectivity index (χ1) is 9.17. The second-order valence-corrected chi connectivity index (χ2v) is 5.08. The largest absolute Gasteiger partial charge is 0.330 e. The average Bonchev–Trinajstić information content (AvgIpc) is 2.39. The zero-order valence-electron chi connectivity index (χ0n) is 11.4. The summed E-state index contributed by atoms with van der Waals surface area (Å²) in [4.78, 5) is 15.8. The van der Waals surface area contributed by atoms with Crippen LogP contribution in [-0.4, -0.2) is 17.4 Å². The lowest BCUT2D eigenvalue weighted by molar-refractivity contribution is -0.116. The summed E-state index contributed by atoms with van der Waals surface area (Å²) in [6, 6.07) is 1.66. The molecule has 1 amide bonds. The molecule has 1 atom stereocenters. The fourth-order valence-electron chi connectivity index (χ4n) is 2.09. The number of nitrogens with two attached hydrogens (primary N) is 1. The molecule has 19 heavy (non-hydrogen) atoms. The number of carbonyl (C=O) groups is 1. The maximum atomic E-state index is 11.8. The number of nitrogens with one attached hydrogen (secondary N) is 1. The molecule has 0 radical (unpaired) electrons. The van der Waals surface area contributed by atoms with E-state index in [4.69, 9.17) is 17.3 Å². The van der Waals surface area contributed by atoms with Gasteiger partial charge in [0.15, 0.2) is 0 Å². The fraction of sp³-hybridized carbons (Fsp3) is 0.571. The van der Waals surface area contributed by atoms with Crippen molar-refractivity contribution in [2.75, 3.05) is 11.9 Å². The lowest BCUT2D eigenvalue weighted by Gasteiger charge is -2.14. The summed E-state index contributed by atoms with van der Waals surface area (Å²) in [5, 5.41) is 3.29. The number of anilines is 1. The van der Waals surface area contributed by atoms with Crippen LogP contribution < -0.4 is 11.1 Å². The van der Waals surface area contributed by atoms with E-state index in [1.807, 2.05) is 0 Å². The van der Waals surface area contributed by atoms with Crippen LogP contribution in [0.3, 0.4) is 0 Å². The van der Waals surface area contributed by atoms with E-state index >= 15 is 0 Å². The van der Waals surface area contributed by atoms with Gasteiger partial charge in [0.25, 0.3) is 0 Å². The van der Waals surface area contributed by atoms with Gasteiger partial charge < -0.3 is 11.1 Å². The molecule has 0 bridgehead atoms. The van der Waals surface area contributed by atoms with Crippen LogP contribution in [-0.2, 0) is 4.79 Å². The molecule has 0 aromatic carbocycles. The quantitative estimate of drug-likeness (QED) is 0.770. The first kappa shape index (κ1) is 15.9. The number of halogens is 1. The van der Waals surface area contributed by atoms with Gasteiger partial charge in [-0.15, -0.1) is 0 Å². The molecule has 0 aliphatic carbocycles. The Kier molecular flexibility index (Phi) is 7.45. The Labute approximate surface area is 119 Å². The molecule has 4 nitrogen and oxygen atoms in total. The van der Waals surface area contributed by atoms with Crippen molar-refractivity contribution >= 4 is 23.2 Å². The molecular formula is C14H22ClN3O. The molecule has 0 fully saturated rings. The maximum Gasteiger partial charge on any atom is 0.224 e. The number of nitrogens with zero attached hydrogens (tertiary/aromatic N) is 1. The summed E-state index contributed by atoms with van der Waals surface area (Å²) < 4.78 is 0. The number of hydrogen-bond acceptors (Lipinski definition) is 3. The van der Waals surface area contributed by atoms with Crippen LogP contribution in [0.25, 0.3) is 0 Å². The molecule has 106 valence electrons. The predicted octanol–water partition coefficient (Wildman–Crippen LogP) is 3.22. The molecule has 0 aliphatic rings. The van der Waals surface area contributed by atoms with Gasteiger partial charge in [0, 0.05) is 12.6 Å². The molecule has 1 aromatic rings. The van der Waals surface area contributed by atoms with Gasteiger partial charge in [0.1, 0.15) is 0 Å². The lowest BCUT2D eigenvalue weighted by Crippen LogP contribution is -2.15. The van der Waals surface area contributed by atoms with Crippen LogP contribution in [0.4, 0.5) is 5.69 Å². The second kappa shape index (κ2) is 8.88. The highest BCUT2D eigenvalue weighted by molar-refractivity contribution is 6.33. The second-order valence-electron chi connectivity index (χ2n) is 4.67. The van der Waals surface area contributed by atoms with Crippen LogP contribution in [0.2, 0.25) is 5.02 Å². The zero-order valence-corrected chi connectivity index (χ0v) is 12.1. The average molecular weight is 284 g/mol. The van der Waals surface area contributed by atoms with Gasteiger partial charge in [-0.3, -0.25) is 9.78 Å². The molecule has 1 aromatic heterocycles. The van der Waals surface area contributed by atoms with E-state index in [1.54, 1.807) is 18.5 Å². The number of aromatic nitrogens is 1. The highest BCUT2D eigenvalue weighted by Gasteiger charge is 2.11. The number of pyridine rings is 1. The van der Waals surface area contributed by atoms with Gasteiger partial charge in [-0.1, -0.05) is 31.4 Å². The van der Waals surface area contributed by atoms with E-state index in [0.29, 0.717) is 29.6 Å². The summed E-state index contributed by atoms with van der Waals surface area (Å²) in [6.45, 7) is 2.83. The van der Waals surface area contributed by atoms with Crippen LogP contribution in [0.15, 0.2) is 18.5 Å². The normalized spacial score (nSPS) is 12.2. The zero-order chi connectivity index (χ0) is 14.1. The third-order valence-electron chi connectivity index (χ3n) is 3.09. The Hall–Kier alpha value is -1.13. The van der Waals surface area contributed by atoms with Crippen LogP contribution in [0.5, 0.6) is 0 Å². The molecule has 1 unspecified atom stereocenters. The minimum absolute atomic E-state index is 0.0203. The van der Waals surface area contributed by atoms with Crippen LogP contribution in [0, 0.1) is 5.92 Å². The first-order valence-corrected chi connectivity index (χ1v) is 7.14. The van der Waals surface area contributed by atoms with E-state index in [0.717, 1.165) is 25.7 Å². The van der Waals surface area contributed by atoms with Crippen molar-refractivity contribution in [2.45, 2.75) is 39.0 Å². The monoisotopic (exact) mass is 283 g/mol. The van der Waals surface area contributed by atoms with E-state index in [2.05, 4.69) is 17.2 Å². The van der Waals surface area contributed by atoms with Crippen molar-refractivity contribution in [3.63, 3.8) is 0 Å². The number of rotatable bonds is 8. The Balaban J connectivity index is 2.40. The number of amides is 1. The summed E-state index contributed by atoms with van der Waals surface area (Å²) in [5.41, 5.74) is 6.15. The third kappa shape index (κ3) is 6.03. The molecular weight excluding hydrogens is 262 g/mol. The molecule has 1 rings (SSSR count). The summed E-state index contributed by atoms with van der Waals surface area (Å²) in [5.74, 6) is 0.512. The van der Waals surface area contributed by atoms with Gasteiger partial charge >= 0.3 is 0 Å². The smallest absolute Gasteiger partial charge is 0.224 e. The van der Waals surface area contributed by atoms with Gasteiger partial charge in [-0.25, -0.2) is 0 Å². The Morgan fingerprint density at radius 3 is 2.89 bits per heavy atom. The van der Waals surface area contributed by atoms with E-state index in [-0.39, 0.29) is 5.91 Å². The first-order valence-electron chi connectivity index (χ1n) is 6.76. The SMILES string of the molecule is CCCC(CCN)CCC(=O)Nc1cnccc1Cl.